The van der Waals surface area contributed by atoms with Crippen molar-refractivity contribution in [2.75, 3.05) is 6.54 Å². The van der Waals surface area contributed by atoms with Crippen molar-refractivity contribution in [2.45, 2.75) is 63.5 Å². The second-order valence-electron chi connectivity index (χ2n) is 4.87. The van der Waals surface area contributed by atoms with Gasteiger partial charge in [-0.3, -0.25) is 0 Å². The van der Waals surface area contributed by atoms with Crippen LogP contribution in [0.25, 0.3) is 0 Å². The Morgan fingerprint density at radius 1 is 0.875 bits per heavy atom. The first-order valence-corrected chi connectivity index (χ1v) is 8.53. The molecule has 1 saturated carbocycles. The molecule has 1 aliphatic carbocycles. The third-order valence-corrected chi connectivity index (χ3v) is 3.97. The van der Waals surface area contributed by atoms with Gasteiger partial charge in [0, 0.05) is 12.1 Å². The van der Waals surface area contributed by atoms with Gasteiger partial charge in [-0.05, 0) is 32.2 Å². The van der Waals surface area contributed by atoms with Gasteiger partial charge in [0.15, 0.2) is 0 Å². The lowest BCUT2D eigenvalue weighted by molar-refractivity contribution is 0.226. The molecule has 0 aromatic carbocycles. The predicted octanol–water partition coefficient (Wildman–Crippen LogP) is 0.995. The molecule has 1 rings (SSSR count). The number of hydrogen-bond donors (Lipinski definition) is 4. The second kappa shape index (κ2) is 7.40. The fourth-order valence-electron chi connectivity index (χ4n) is 1.79. The van der Waals surface area contributed by atoms with Crippen LogP contribution in [0.2, 0.25) is 6.04 Å². The van der Waals surface area contributed by atoms with Crippen LogP contribution in [0.3, 0.4) is 0 Å². The van der Waals surface area contributed by atoms with E-state index in [1.165, 1.54) is 32.1 Å². The number of rotatable bonds is 10. The Kier molecular flexibility index (Phi) is 6.53. The summed E-state index contributed by atoms with van der Waals surface area (Å²) in [4.78, 5) is 26.4. The van der Waals surface area contributed by atoms with Crippen LogP contribution in [0.4, 0.5) is 0 Å². The van der Waals surface area contributed by atoms with Crippen molar-refractivity contribution in [3.8, 4) is 0 Å². The molecule has 0 aliphatic heterocycles. The Bertz CT molecular complexity index is 181. The smallest absolute Gasteiger partial charge is 0.390 e. The Morgan fingerprint density at radius 2 is 1.44 bits per heavy atom. The first-order valence-electron chi connectivity index (χ1n) is 6.48. The first kappa shape index (κ1) is 14.1. The molecule has 0 radical (unpaired) electrons. The van der Waals surface area contributed by atoms with Crippen LogP contribution in [0.5, 0.6) is 0 Å². The van der Waals surface area contributed by atoms with Gasteiger partial charge in [0.2, 0.25) is 0 Å². The molecule has 0 bridgehead atoms. The zero-order valence-electron chi connectivity index (χ0n) is 9.99. The van der Waals surface area contributed by atoms with Crippen LogP contribution in [0.1, 0.15) is 51.4 Å². The summed E-state index contributed by atoms with van der Waals surface area (Å²) in [6.07, 6.45) is 9.28. The molecule has 0 aromatic heterocycles. The average molecular weight is 247 g/mol. The summed E-state index contributed by atoms with van der Waals surface area (Å²) < 4.78 is 0. The summed E-state index contributed by atoms with van der Waals surface area (Å²) in [6, 6.07) is 1.01. The van der Waals surface area contributed by atoms with E-state index in [2.05, 4.69) is 5.32 Å². The molecule has 0 unspecified atom stereocenters. The molecule has 0 amide bonds. The maximum atomic E-state index is 8.79. The van der Waals surface area contributed by atoms with E-state index in [0.29, 0.717) is 0 Å². The van der Waals surface area contributed by atoms with Gasteiger partial charge in [-0.2, -0.15) is 0 Å². The van der Waals surface area contributed by atoms with Gasteiger partial charge >= 0.3 is 8.80 Å². The fraction of sp³-hybridized carbons (Fsp3) is 1.00. The molecule has 1 aliphatic rings. The van der Waals surface area contributed by atoms with Gasteiger partial charge in [-0.15, -0.1) is 0 Å². The van der Waals surface area contributed by atoms with Crippen molar-refractivity contribution in [1.82, 2.24) is 5.32 Å². The summed E-state index contributed by atoms with van der Waals surface area (Å²) >= 11 is 0. The van der Waals surface area contributed by atoms with Crippen molar-refractivity contribution in [3.05, 3.63) is 0 Å². The third-order valence-electron chi connectivity index (χ3n) is 2.95. The highest BCUT2D eigenvalue weighted by Crippen LogP contribution is 2.18. The molecule has 4 N–H and O–H groups in total. The van der Waals surface area contributed by atoms with Crippen LogP contribution in [0.15, 0.2) is 0 Å². The molecule has 96 valence electrons. The number of hydrogen-bond acceptors (Lipinski definition) is 4. The van der Waals surface area contributed by atoms with Crippen LogP contribution in [-0.2, 0) is 0 Å². The van der Waals surface area contributed by atoms with Gasteiger partial charge in [0.1, 0.15) is 0 Å². The topological polar surface area (TPSA) is 72.7 Å². The van der Waals surface area contributed by atoms with E-state index in [1.807, 2.05) is 0 Å². The maximum Gasteiger partial charge on any atom is 0.492 e. The summed E-state index contributed by atoms with van der Waals surface area (Å²) in [5, 5.41) is 3.48. The SMILES string of the molecule is O[Si](O)(O)CCCCCCCCNC1CC1. The van der Waals surface area contributed by atoms with Crippen molar-refractivity contribution in [2.24, 2.45) is 0 Å². The minimum absolute atomic E-state index is 0.191. The van der Waals surface area contributed by atoms with Crippen LogP contribution >= 0.6 is 0 Å². The van der Waals surface area contributed by atoms with Gasteiger partial charge in [0.05, 0.1) is 0 Å². The van der Waals surface area contributed by atoms with Crippen LogP contribution in [0, 0.1) is 0 Å². The van der Waals surface area contributed by atoms with E-state index < -0.39 is 8.80 Å². The van der Waals surface area contributed by atoms with Gasteiger partial charge in [0.25, 0.3) is 0 Å². The highest BCUT2D eigenvalue weighted by molar-refractivity contribution is 6.56. The maximum absolute atomic E-state index is 8.79. The third kappa shape index (κ3) is 9.29. The Morgan fingerprint density at radius 3 is 2.00 bits per heavy atom. The van der Waals surface area contributed by atoms with Crippen molar-refractivity contribution in [3.63, 3.8) is 0 Å². The Balaban J connectivity index is 1.70. The molecule has 1 fully saturated rings. The molecule has 5 heteroatoms. The number of nitrogens with one attached hydrogen (secondary N) is 1. The van der Waals surface area contributed by atoms with Crippen molar-refractivity contribution >= 4 is 8.80 Å². The quantitative estimate of drug-likeness (QED) is 0.343. The van der Waals surface area contributed by atoms with Crippen molar-refractivity contribution < 1.29 is 14.4 Å². The van der Waals surface area contributed by atoms with E-state index in [4.69, 9.17) is 14.4 Å². The summed E-state index contributed by atoms with van der Waals surface area (Å²) in [5.41, 5.74) is 0. The normalized spacial score (nSPS) is 16.7. The van der Waals surface area contributed by atoms with Gasteiger partial charge in [-0.1, -0.05) is 25.7 Å². The van der Waals surface area contributed by atoms with E-state index >= 15 is 0 Å². The minimum atomic E-state index is -3.75. The second-order valence-corrected chi connectivity index (χ2v) is 6.92. The minimum Gasteiger partial charge on any atom is -0.390 e. The monoisotopic (exact) mass is 247 g/mol. The molecule has 0 atom stereocenters. The molecule has 16 heavy (non-hydrogen) atoms. The Hall–Kier alpha value is 0.0569. The lowest BCUT2D eigenvalue weighted by Gasteiger charge is -2.08. The van der Waals surface area contributed by atoms with E-state index in [-0.39, 0.29) is 6.04 Å². The Labute approximate surface area is 99.1 Å². The molecule has 0 aromatic rings. The zero-order chi connectivity index (χ0) is 11.9. The van der Waals surface area contributed by atoms with Gasteiger partial charge < -0.3 is 19.7 Å². The predicted molar refractivity (Wildman–Crippen MR) is 65.9 cm³/mol. The molecule has 0 heterocycles. The summed E-state index contributed by atoms with van der Waals surface area (Å²) in [7, 11) is -3.75. The molecular formula is C11H25NO3Si. The van der Waals surface area contributed by atoms with E-state index in [9.17, 15) is 0 Å². The van der Waals surface area contributed by atoms with Crippen LogP contribution < -0.4 is 5.32 Å². The van der Waals surface area contributed by atoms with Crippen molar-refractivity contribution in [1.29, 1.82) is 0 Å². The zero-order valence-corrected chi connectivity index (χ0v) is 11.0. The highest BCUT2D eigenvalue weighted by Gasteiger charge is 2.25. The van der Waals surface area contributed by atoms with E-state index in [1.54, 1.807) is 0 Å². The molecule has 0 spiro atoms. The fourth-order valence-corrected chi connectivity index (χ4v) is 2.51. The number of unbranched alkanes of at least 4 members (excludes halogenated alkanes) is 5. The standard InChI is InChI=1S/C11H25NO3Si/c13-16(14,15)10-6-4-2-1-3-5-9-12-11-7-8-11/h11-15H,1-10H2. The lowest BCUT2D eigenvalue weighted by Crippen LogP contribution is -2.33. The average Bonchev–Trinajstić information content (AvgIpc) is 2.97. The highest BCUT2D eigenvalue weighted by atomic mass is 28.4. The van der Waals surface area contributed by atoms with E-state index in [0.717, 1.165) is 31.8 Å². The summed E-state index contributed by atoms with van der Waals surface area (Å²) in [6.45, 7) is 1.14. The van der Waals surface area contributed by atoms with Gasteiger partial charge in [-0.25, -0.2) is 0 Å². The summed E-state index contributed by atoms with van der Waals surface area (Å²) in [5.74, 6) is 0. The molecule has 4 nitrogen and oxygen atoms in total. The molecular weight excluding hydrogens is 222 g/mol. The van der Waals surface area contributed by atoms with Crippen LogP contribution in [-0.4, -0.2) is 35.8 Å². The molecule has 0 saturated heterocycles. The lowest BCUT2D eigenvalue weighted by atomic mass is 10.1. The first-order chi connectivity index (χ1) is 7.58. The largest absolute Gasteiger partial charge is 0.492 e.